The maximum absolute atomic E-state index is 6.17. The minimum atomic E-state index is 0.0460. The van der Waals surface area contributed by atoms with E-state index in [0.717, 1.165) is 37.2 Å². The fourth-order valence-corrected chi connectivity index (χ4v) is 2.56. The zero-order valence-electron chi connectivity index (χ0n) is 10.5. The van der Waals surface area contributed by atoms with Crippen LogP contribution in [-0.2, 0) is 12.8 Å². The van der Waals surface area contributed by atoms with Crippen LogP contribution in [0.25, 0.3) is 0 Å². The Balaban J connectivity index is 1.94. The molecule has 3 nitrogen and oxygen atoms in total. The van der Waals surface area contributed by atoms with Crippen molar-refractivity contribution in [3.63, 3.8) is 0 Å². The van der Waals surface area contributed by atoms with Gasteiger partial charge in [0.2, 0.25) is 0 Å². The van der Waals surface area contributed by atoms with Crippen molar-refractivity contribution in [3.8, 4) is 11.5 Å². The van der Waals surface area contributed by atoms with Gasteiger partial charge in [-0.05, 0) is 37.8 Å². The van der Waals surface area contributed by atoms with Gasteiger partial charge < -0.3 is 15.2 Å². The summed E-state index contributed by atoms with van der Waals surface area (Å²) in [6.07, 6.45) is 4.45. The van der Waals surface area contributed by atoms with E-state index in [1.807, 2.05) is 0 Å². The lowest BCUT2D eigenvalue weighted by Gasteiger charge is -2.13. The summed E-state index contributed by atoms with van der Waals surface area (Å²) in [6, 6.07) is 4.30. The second-order valence-electron chi connectivity index (χ2n) is 5.46. The van der Waals surface area contributed by atoms with E-state index in [-0.39, 0.29) is 11.6 Å². The zero-order chi connectivity index (χ0) is 12.0. The number of fused-ring (bicyclic) bond motifs is 1. The van der Waals surface area contributed by atoms with Crippen LogP contribution in [0.3, 0.4) is 0 Å². The third-order valence-corrected chi connectivity index (χ3v) is 3.69. The van der Waals surface area contributed by atoms with Crippen LogP contribution in [0.5, 0.6) is 11.5 Å². The number of ether oxygens (including phenoxy) is 2. The highest BCUT2D eigenvalue weighted by molar-refractivity contribution is 5.52. The molecule has 1 aromatic rings. The minimum Gasteiger partial charge on any atom is -0.493 e. The molecule has 0 spiro atoms. The highest BCUT2D eigenvalue weighted by atomic mass is 16.5. The van der Waals surface area contributed by atoms with Crippen LogP contribution in [0, 0.1) is 0 Å². The van der Waals surface area contributed by atoms with Crippen molar-refractivity contribution in [2.24, 2.45) is 5.73 Å². The van der Waals surface area contributed by atoms with E-state index in [1.165, 1.54) is 11.1 Å². The maximum Gasteiger partial charge on any atom is 0.164 e. The van der Waals surface area contributed by atoms with Crippen LogP contribution < -0.4 is 15.2 Å². The molecule has 92 valence electrons. The van der Waals surface area contributed by atoms with E-state index in [4.69, 9.17) is 15.2 Å². The van der Waals surface area contributed by atoms with Gasteiger partial charge in [-0.3, -0.25) is 0 Å². The van der Waals surface area contributed by atoms with E-state index in [0.29, 0.717) is 0 Å². The first kappa shape index (κ1) is 10.9. The average Bonchev–Trinajstić information content (AvgIpc) is 2.86. The molecule has 1 atom stereocenters. The number of hydrogen-bond donors (Lipinski definition) is 1. The third-order valence-electron chi connectivity index (χ3n) is 3.69. The van der Waals surface area contributed by atoms with Crippen LogP contribution in [0.15, 0.2) is 12.1 Å². The predicted octanol–water partition coefficient (Wildman–Crippen LogP) is 2.05. The molecule has 0 radical (unpaired) electrons. The molecule has 1 saturated carbocycles. The smallest absolute Gasteiger partial charge is 0.164 e. The summed E-state index contributed by atoms with van der Waals surface area (Å²) in [5, 5.41) is 0. The highest BCUT2D eigenvalue weighted by Gasteiger charge is 2.38. The molecule has 1 aliphatic heterocycles. The van der Waals surface area contributed by atoms with Gasteiger partial charge in [0.05, 0.1) is 7.11 Å². The maximum atomic E-state index is 6.17. The quantitative estimate of drug-likeness (QED) is 0.869. The topological polar surface area (TPSA) is 44.5 Å². The Kier molecular flexibility index (Phi) is 2.33. The summed E-state index contributed by atoms with van der Waals surface area (Å²) in [5.41, 5.74) is 8.75. The molecular formula is C14H19NO2. The lowest BCUT2D eigenvalue weighted by atomic mass is 10.00. The largest absolute Gasteiger partial charge is 0.493 e. The van der Waals surface area contributed by atoms with Gasteiger partial charge >= 0.3 is 0 Å². The molecule has 1 aromatic carbocycles. The van der Waals surface area contributed by atoms with Crippen molar-refractivity contribution >= 4 is 0 Å². The summed E-state index contributed by atoms with van der Waals surface area (Å²) in [4.78, 5) is 0. The van der Waals surface area contributed by atoms with Crippen LogP contribution in [0.1, 0.15) is 30.9 Å². The number of nitrogens with two attached hydrogens (primary N) is 1. The van der Waals surface area contributed by atoms with E-state index >= 15 is 0 Å². The summed E-state index contributed by atoms with van der Waals surface area (Å²) < 4.78 is 11.2. The lowest BCUT2D eigenvalue weighted by Crippen LogP contribution is -2.24. The molecule has 17 heavy (non-hydrogen) atoms. The highest BCUT2D eigenvalue weighted by Crippen LogP contribution is 2.42. The van der Waals surface area contributed by atoms with Crippen LogP contribution in [0.2, 0.25) is 0 Å². The minimum absolute atomic E-state index is 0.0460. The Hall–Kier alpha value is -1.22. The van der Waals surface area contributed by atoms with E-state index < -0.39 is 0 Å². The van der Waals surface area contributed by atoms with Gasteiger partial charge in [0, 0.05) is 17.5 Å². The molecule has 1 unspecified atom stereocenters. The van der Waals surface area contributed by atoms with Crippen molar-refractivity contribution in [3.05, 3.63) is 23.3 Å². The Labute approximate surface area is 102 Å². The van der Waals surface area contributed by atoms with Crippen LogP contribution in [0.4, 0.5) is 0 Å². The van der Waals surface area contributed by atoms with Gasteiger partial charge in [-0.25, -0.2) is 0 Å². The molecule has 0 amide bonds. The van der Waals surface area contributed by atoms with Crippen LogP contribution >= 0.6 is 0 Å². The Bertz CT molecular complexity index is 452. The SMILES string of the molecule is COc1cc(CC2(N)CC2)cc2c1OC(C)C2. The second-order valence-corrected chi connectivity index (χ2v) is 5.46. The van der Waals surface area contributed by atoms with Crippen LogP contribution in [-0.4, -0.2) is 18.8 Å². The summed E-state index contributed by atoms with van der Waals surface area (Å²) in [6.45, 7) is 2.09. The zero-order valence-corrected chi connectivity index (χ0v) is 10.5. The molecule has 1 fully saturated rings. The predicted molar refractivity (Wildman–Crippen MR) is 66.6 cm³/mol. The van der Waals surface area contributed by atoms with Gasteiger partial charge in [-0.15, -0.1) is 0 Å². The number of hydrogen-bond acceptors (Lipinski definition) is 3. The fraction of sp³-hybridized carbons (Fsp3) is 0.571. The van der Waals surface area contributed by atoms with E-state index in [1.54, 1.807) is 7.11 Å². The molecule has 2 N–H and O–H groups in total. The summed E-state index contributed by atoms with van der Waals surface area (Å²) >= 11 is 0. The van der Waals surface area contributed by atoms with Gasteiger partial charge in [0.15, 0.2) is 11.5 Å². The van der Waals surface area contributed by atoms with Gasteiger partial charge in [-0.1, -0.05) is 6.07 Å². The first-order valence-electron chi connectivity index (χ1n) is 6.25. The van der Waals surface area contributed by atoms with E-state index in [9.17, 15) is 0 Å². The lowest BCUT2D eigenvalue weighted by molar-refractivity contribution is 0.243. The number of methoxy groups -OCH3 is 1. The molecule has 0 aromatic heterocycles. The van der Waals surface area contributed by atoms with Crippen molar-refractivity contribution in [1.29, 1.82) is 0 Å². The number of rotatable bonds is 3. The molecule has 0 bridgehead atoms. The molecular weight excluding hydrogens is 214 g/mol. The Morgan fingerprint density at radius 1 is 1.47 bits per heavy atom. The first-order valence-corrected chi connectivity index (χ1v) is 6.25. The van der Waals surface area contributed by atoms with Gasteiger partial charge in [-0.2, -0.15) is 0 Å². The second kappa shape index (κ2) is 3.64. The third kappa shape index (κ3) is 2.00. The first-order chi connectivity index (χ1) is 8.09. The molecule has 3 rings (SSSR count). The molecule has 1 heterocycles. The fourth-order valence-electron chi connectivity index (χ4n) is 2.56. The average molecular weight is 233 g/mol. The molecule has 1 aliphatic carbocycles. The number of benzene rings is 1. The van der Waals surface area contributed by atoms with Gasteiger partial charge in [0.25, 0.3) is 0 Å². The summed E-state index contributed by atoms with van der Waals surface area (Å²) in [5.74, 6) is 1.77. The molecule has 3 heteroatoms. The van der Waals surface area contributed by atoms with Crippen molar-refractivity contribution in [2.45, 2.75) is 44.2 Å². The van der Waals surface area contributed by atoms with Crippen molar-refractivity contribution in [2.75, 3.05) is 7.11 Å². The van der Waals surface area contributed by atoms with Crippen molar-refractivity contribution < 1.29 is 9.47 Å². The summed E-state index contributed by atoms with van der Waals surface area (Å²) in [7, 11) is 1.70. The van der Waals surface area contributed by atoms with Gasteiger partial charge in [0.1, 0.15) is 6.10 Å². The molecule has 0 saturated heterocycles. The van der Waals surface area contributed by atoms with E-state index in [2.05, 4.69) is 19.1 Å². The van der Waals surface area contributed by atoms with Crippen molar-refractivity contribution in [1.82, 2.24) is 0 Å². The Morgan fingerprint density at radius 2 is 2.24 bits per heavy atom. The Morgan fingerprint density at radius 3 is 2.88 bits per heavy atom. The monoisotopic (exact) mass is 233 g/mol. The standard InChI is InChI=1S/C14H19NO2/c1-9-5-11-6-10(8-14(15)3-4-14)7-12(16-2)13(11)17-9/h6-7,9H,3-5,8,15H2,1-2H3. The normalized spacial score (nSPS) is 24.1. The molecule has 2 aliphatic rings.